The number of aryl methyl sites for hydroxylation is 1. The largest absolute Gasteiger partial charge is 0.494 e. The number of carbonyl (C=O) groups excluding carboxylic acids is 1. The van der Waals surface area contributed by atoms with Gasteiger partial charge in [0.1, 0.15) is 0 Å². The summed E-state index contributed by atoms with van der Waals surface area (Å²) in [5.41, 5.74) is 6.34. The van der Waals surface area contributed by atoms with Crippen LogP contribution < -0.4 is 0 Å². The maximum absolute atomic E-state index is 11.9. The Bertz CT molecular complexity index is 1340. The zero-order chi connectivity index (χ0) is 23.5. The third-order valence-electron chi connectivity index (χ3n) is 5.54. The molecule has 0 bridgehead atoms. The number of nitrogens with one attached hydrogen (secondary N) is 1. The molecule has 168 valence electrons. The summed E-state index contributed by atoms with van der Waals surface area (Å²) in [6, 6.07) is 21.1. The topological polar surface area (TPSA) is 77.9 Å². The standard InChI is InChI=1S/C27H27N3O3/c1-17-14-21(12-10-20(17)16-30(2)3)28-25(18-8-6-5-7-9-18)24-22-13-11-19(27(32)33-4)15-23(22)29-26(24)31/h5-15,29,31H,16H2,1-4H3. The van der Waals surface area contributed by atoms with Gasteiger partial charge in [0.25, 0.3) is 0 Å². The van der Waals surface area contributed by atoms with E-state index in [9.17, 15) is 9.90 Å². The van der Waals surface area contributed by atoms with Crippen LogP contribution in [0.25, 0.3) is 10.9 Å². The number of methoxy groups -OCH3 is 1. The highest BCUT2D eigenvalue weighted by atomic mass is 16.5. The number of esters is 1. The molecule has 0 aliphatic rings. The number of nitrogens with zero attached hydrogens (tertiary/aromatic N) is 2. The molecule has 4 rings (SSSR count). The van der Waals surface area contributed by atoms with Crippen molar-refractivity contribution in [2.75, 3.05) is 21.2 Å². The molecular weight excluding hydrogens is 414 g/mol. The lowest BCUT2D eigenvalue weighted by Gasteiger charge is -2.13. The molecule has 0 amide bonds. The molecule has 0 atom stereocenters. The minimum Gasteiger partial charge on any atom is -0.494 e. The average molecular weight is 442 g/mol. The van der Waals surface area contributed by atoms with E-state index < -0.39 is 5.97 Å². The first-order chi connectivity index (χ1) is 15.9. The van der Waals surface area contributed by atoms with Crippen molar-refractivity contribution >= 4 is 28.3 Å². The highest BCUT2D eigenvalue weighted by Crippen LogP contribution is 2.32. The van der Waals surface area contributed by atoms with Crippen molar-refractivity contribution in [2.24, 2.45) is 4.99 Å². The maximum Gasteiger partial charge on any atom is 0.337 e. The molecule has 0 fully saturated rings. The van der Waals surface area contributed by atoms with Crippen LogP contribution in [0.4, 0.5) is 5.69 Å². The molecule has 0 aliphatic heterocycles. The molecular formula is C27H27N3O3. The number of benzene rings is 3. The number of aliphatic imine (C=N–C) groups is 1. The Morgan fingerprint density at radius 3 is 2.45 bits per heavy atom. The van der Waals surface area contributed by atoms with Crippen molar-refractivity contribution in [3.8, 4) is 5.88 Å². The van der Waals surface area contributed by atoms with Crippen LogP contribution in [0.15, 0.2) is 71.7 Å². The van der Waals surface area contributed by atoms with Crippen LogP contribution in [0.5, 0.6) is 5.88 Å². The third kappa shape index (κ3) is 4.66. The molecule has 0 radical (unpaired) electrons. The Kier molecular flexibility index (Phi) is 6.29. The quantitative estimate of drug-likeness (QED) is 0.318. The number of aromatic nitrogens is 1. The Morgan fingerprint density at radius 2 is 1.79 bits per heavy atom. The fourth-order valence-electron chi connectivity index (χ4n) is 3.93. The minimum atomic E-state index is -0.433. The molecule has 0 aliphatic carbocycles. The molecule has 0 saturated heterocycles. The van der Waals surface area contributed by atoms with Crippen molar-refractivity contribution in [1.82, 2.24) is 9.88 Å². The summed E-state index contributed by atoms with van der Waals surface area (Å²) >= 11 is 0. The second-order valence-electron chi connectivity index (χ2n) is 8.28. The van der Waals surface area contributed by atoms with Crippen molar-refractivity contribution in [2.45, 2.75) is 13.5 Å². The zero-order valence-electron chi connectivity index (χ0n) is 19.2. The molecule has 0 spiro atoms. The molecule has 0 unspecified atom stereocenters. The molecule has 6 nitrogen and oxygen atoms in total. The monoisotopic (exact) mass is 441 g/mol. The lowest BCUT2D eigenvalue weighted by atomic mass is 10.00. The molecule has 33 heavy (non-hydrogen) atoms. The Balaban J connectivity index is 1.88. The van der Waals surface area contributed by atoms with E-state index in [1.54, 1.807) is 18.2 Å². The SMILES string of the molecule is COC(=O)c1ccc2c(C(=Nc3ccc(CN(C)C)c(C)c3)c3ccccc3)c(O)[nH]c2c1. The maximum atomic E-state index is 11.9. The predicted molar refractivity (Wildman–Crippen MR) is 132 cm³/mol. The van der Waals surface area contributed by atoms with Gasteiger partial charge in [0, 0.05) is 23.0 Å². The number of hydrogen-bond acceptors (Lipinski definition) is 5. The van der Waals surface area contributed by atoms with Gasteiger partial charge in [0.15, 0.2) is 5.88 Å². The normalized spacial score (nSPS) is 11.8. The lowest BCUT2D eigenvalue weighted by molar-refractivity contribution is 0.0601. The molecule has 2 N–H and O–H groups in total. The van der Waals surface area contributed by atoms with Crippen molar-refractivity contribution < 1.29 is 14.6 Å². The summed E-state index contributed by atoms with van der Waals surface area (Å²) in [7, 11) is 5.44. The molecule has 1 heterocycles. The predicted octanol–water partition coefficient (Wildman–Crippen LogP) is 5.20. The van der Waals surface area contributed by atoms with E-state index in [-0.39, 0.29) is 5.88 Å². The first kappa shape index (κ1) is 22.3. The number of aromatic hydroxyl groups is 1. The summed E-state index contributed by atoms with van der Waals surface area (Å²) in [5.74, 6) is -0.437. The van der Waals surface area contributed by atoms with Gasteiger partial charge in [-0.25, -0.2) is 9.79 Å². The van der Waals surface area contributed by atoms with Crippen LogP contribution in [0, 0.1) is 6.92 Å². The first-order valence-electron chi connectivity index (χ1n) is 10.7. The van der Waals surface area contributed by atoms with E-state index in [0.29, 0.717) is 22.4 Å². The van der Waals surface area contributed by atoms with Gasteiger partial charge in [-0.1, -0.05) is 42.5 Å². The van der Waals surface area contributed by atoms with Gasteiger partial charge in [0.05, 0.1) is 29.6 Å². The van der Waals surface area contributed by atoms with E-state index in [0.717, 1.165) is 28.7 Å². The second kappa shape index (κ2) is 9.30. The van der Waals surface area contributed by atoms with E-state index in [4.69, 9.17) is 9.73 Å². The Hall–Kier alpha value is -3.90. The zero-order valence-corrected chi connectivity index (χ0v) is 19.2. The molecule has 3 aromatic carbocycles. The smallest absolute Gasteiger partial charge is 0.337 e. The van der Waals surface area contributed by atoms with Crippen LogP contribution in [0.1, 0.15) is 32.6 Å². The van der Waals surface area contributed by atoms with Gasteiger partial charge in [-0.05, 0) is 56.4 Å². The second-order valence-corrected chi connectivity index (χ2v) is 8.28. The number of carbonyl (C=O) groups is 1. The number of fused-ring (bicyclic) bond motifs is 1. The summed E-state index contributed by atoms with van der Waals surface area (Å²) < 4.78 is 4.82. The van der Waals surface area contributed by atoms with Gasteiger partial charge in [-0.2, -0.15) is 0 Å². The van der Waals surface area contributed by atoms with Gasteiger partial charge in [-0.15, -0.1) is 0 Å². The molecule has 4 aromatic rings. The van der Waals surface area contributed by atoms with Crippen LogP contribution in [-0.4, -0.2) is 47.9 Å². The highest BCUT2D eigenvalue weighted by molar-refractivity contribution is 6.22. The van der Waals surface area contributed by atoms with Gasteiger partial charge in [0.2, 0.25) is 0 Å². The lowest BCUT2D eigenvalue weighted by Crippen LogP contribution is -2.11. The fourth-order valence-corrected chi connectivity index (χ4v) is 3.93. The van der Waals surface area contributed by atoms with Crippen molar-refractivity contribution in [1.29, 1.82) is 0 Å². The van der Waals surface area contributed by atoms with Crippen LogP contribution in [0.2, 0.25) is 0 Å². The fraction of sp³-hybridized carbons (Fsp3) is 0.185. The number of ether oxygens (including phenoxy) is 1. The van der Waals surface area contributed by atoms with E-state index >= 15 is 0 Å². The van der Waals surface area contributed by atoms with Crippen LogP contribution >= 0.6 is 0 Å². The average Bonchev–Trinajstić information content (AvgIpc) is 3.13. The van der Waals surface area contributed by atoms with E-state index in [1.165, 1.54) is 12.7 Å². The van der Waals surface area contributed by atoms with Gasteiger partial charge >= 0.3 is 5.97 Å². The summed E-state index contributed by atoms with van der Waals surface area (Å²) in [6.07, 6.45) is 0. The Labute approximate surface area is 193 Å². The number of aromatic amines is 1. The number of H-pyrrole nitrogens is 1. The van der Waals surface area contributed by atoms with Crippen LogP contribution in [0.3, 0.4) is 0 Å². The molecule has 1 aromatic heterocycles. The van der Waals surface area contributed by atoms with Gasteiger partial charge in [-0.3, -0.25) is 0 Å². The number of hydrogen-bond donors (Lipinski definition) is 2. The van der Waals surface area contributed by atoms with Crippen molar-refractivity contribution in [3.63, 3.8) is 0 Å². The first-order valence-corrected chi connectivity index (χ1v) is 10.7. The van der Waals surface area contributed by atoms with Crippen molar-refractivity contribution in [3.05, 3.63) is 94.5 Å². The molecule has 6 heteroatoms. The summed E-state index contributed by atoms with van der Waals surface area (Å²) in [5, 5.41) is 11.6. The third-order valence-corrected chi connectivity index (χ3v) is 5.54. The Morgan fingerprint density at radius 1 is 1.03 bits per heavy atom. The molecule has 0 saturated carbocycles. The highest BCUT2D eigenvalue weighted by Gasteiger charge is 2.20. The van der Waals surface area contributed by atoms with E-state index in [1.807, 2.05) is 50.5 Å². The summed E-state index contributed by atoms with van der Waals surface area (Å²) in [6.45, 7) is 2.94. The summed E-state index contributed by atoms with van der Waals surface area (Å²) in [4.78, 5) is 22.0. The van der Waals surface area contributed by atoms with E-state index in [2.05, 4.69) is 28.9 Å². The van der Waals surface area contributed by atoms with Gasteiger partial charge < -0.3 is 19.7 Å². The minimum absolute atomic E-state index is 0.00410. The van der Waals surface area contributed by atoms with Crippen LogP contribution in [-0.2, 0) is 11.3 Å². The number of rotatable bonds is 6.